The van der Waals surface area contributed by atoms with Gasteiger partial charge < -0.3 is 14.8 Å². The molecular formula is C16H23N3O2. The van der Waals surface area contributed by atoms with Gasteiger partial charge in [-0.3, -0.25) is 4.68 Å². The summed E-state index contributed by atoms with van der Waals surface area (Å²) in [5.74, 6) is 0.855. The molecule has 0 aliphatic heterocycles. The van der Waals surface area contributed by atoms with Gasteiger partial charge in [-0.15, -0.1) is 0 Å². The molecule has 0 spiro atoms. The lowest BCUT2D eigenvalue weighted by Crippen LogP contribution is -2.09. The van der Waals surface area contributed by atoms with Crippen molar-refractivity contribution in [2.45, 2.75) is 26.4 Å². The van der Waals surface area contributed by atoms with Gasteiger partial charge in [0.1, 0.15) is 12.4 Å². The lowest BCUT2D eigenvalue weighted by atomic mass is 10.3. The molecule has 2 aromatic rings. The molecule has 21 heavy (non-hydrogen) atoms. The minimum Gasteiger partial charge on any atom is -0.491 e. The highest BCUT2D eigenvalue weighted by atomic mass is 16.5. The van der Waals surface area contributed by atoms with Crippen molar-refractivity contribution in [1.29, 1.82) is 0 Å². The zero-order valence-corrected chi connectivity index (χ0v) is 12.7. The molecule has 0 amide bonds. The smallest absolute Gasteiger partial charge is 0.119 e. The summed E-state index contributed by atoms with van der Waals surface area (Å²) in [6, 6.07) is 10.00. The van der Waals surface area contributed by atoms with Crippen LogP contribution in [0.4, 0.5) is 5.69 Å². The number of rotatable bonds is 9. The Morgan fingerprint density at radius 1 is 1.14 bits per heavy atom. The molecule has 0 bridgehead atoms. The van der Waals surface area contributed by atoms with Gasteiger partial charge in [0.25, 0.3) is 0 Å². The zero-order valence-electron chi connectivity index (χ0n) is 12.7. The van der Waals surface area contributed by atoms with Crippen molar-refractivity contribution < 1.29 is 9.47 Å². The molecule has 5 nitrogen and oxygen atoms in total. The van der Waals surface area contributed by atoms with Crippen LogP contribution in [-0.2, 0) is 17.8 Å². The first-order valence-electron chi connectivity index (χ1n) is 7.30. The zero-order chi connectivity index (χ0) is 14.9. The second-order valence-electron chi connectivity index (χ2n) is 4.76. The maximum Gasteiger partial charge on any atom is 0.119 e. The van der Waals surface area contributed by atoms with Crippen LogP contribution in [0.15, 0.2) is 36.5 Å². The second-order valence-corrected chi connectivity index (χ2v) is 4.76. The van der Waals surface area contributed by atoms with E-state index in [1.54, 1.807) is 7.11 Å². The van der Waals surface area contributed by atoms with E-state index in [2.05, 4.69) is 17.3 Å². The summed E-state index contributed by atoms with van der Waals surface area (Å²) in [6.07, 6.45) is 2.93. The molecule has 114 valence electrons. The van der Waals surface area contributed by atoms with Crippen LogP contribution in [0.2, 0.25) is 0 Å². The lowest BCUT2D eigenvalue weighted by Gasteiger charge is -2.10. The number of methoxy groups -OCH3 is 1. The Morgan fingerprint density at radius 3 is 2.67 bits per heavy atom. The monoisotopic (exact) mass is 289 g/mol. The highest BCUT2D eigenvalue weighted by Crippen LogP contribution is 2.16. The van der Waals surface area contributed by atoms with Gasteiger partial charge in [0.05, 0.1) is 18.8 Å². The van der Waals surface area contributed by atoms with Crippen molar-refractivity contribution in [1.82, 2.24) is 9.78 Å². The summed E-state index contributed by atoms with van der Waals surface area (Å²) in [7, 11) is 1.67. The molecule has 0 aliphatic carbocycles. The molecule has 1 heterocycles. The van der Waals surface area contributed by atoms with Gasteiger partial charge in [0, 0.05) is 25.5 Å². The number of anilines is 1. The molecule has 1 N–H and O–H groups in total. The normalized spacial score (nSPS) is 10.6. The van der Waals surface area contributed by atoms with Gasteiger partial charge in [-0.2, -0.15) is 5.10 Å². The first-order chi connectivity index (χ1) is 10.3. The molecule has 0 atom stereocenters. The van der Waals surface area contributed by atoms with Gasteiger partial charge >= 0.3 is 0 Å². The molecule has 0 radical (unpaired) electrons. The van der Waals surface area contributed by atoms with Crippen LogP contribution in [0.5, 0.6) is 5.75 Å². The van der Waals surface area contributed by atoms with Gasteiger partial charge in [-0.1, -0.05) is 6.92 Å². The Bertz CT molecular complexity index is 523. The molecule has 1 aromatic carbocycles. The average molecular weight is 289 g/mol. The summed E-state index contributed by atoms with van der Waals surface area (Å²) in [5, 5.41) is 7.72. The highest BCUT2D eigenvalue weighted by molar-refractivity contribution is 5.46. The quantitative estimate of drug-likeness (QED) is 0.721. The summed E-state index contributed by atoms with van der Waals surface area (Å²) in [6.45, 7) is 5.04. The number of nitrogens with one attached hydrogen (secondary N) is 1. The van der Waals surface area contributed by atoms with Crippen LogP contribution in [0.1, 0.15) is 19.0 Å². The van der Waals surface area contributed by atoms with Crippen LogP contribution in [0.3, 0.4) is 0 Å². The topological polar surface area (TPSA) is 48.3 Å². The number of aromatic nitrogens is 2. The predicted molar refractivity (Wildman–Crippen MR) is 83.7 cm³/mol. The number of nitrogens with zero attached hydrogens (tertiary/aromatic N) is 2. The van der Waals surface area contributed by atoms with Crippen LogP contribution in [-0.4, -0.2) is 30.1 Å². The Hall–Kier alpha value is -2.01. The van der Waals surface area contributed by atoms with Crippen LogP contribution < -0.4 is 10.1 Å². The highest BCUT2D eigenvalue weighted by Gasteiger charge is 2.01. The molecule has 2 rings (SSSR count). The van der Waals surface area contributed by atoms with Crippen LogP contribution in [0.25, 0.3) is 0 Å². The minimum absolute atomic E-state index is 0.569. The summed E-state index contributed by atoms with van der Waals surface area (Å²) >= 11 is 0. The van der Waals surface area contributed by atoms with E-state index in [9.17, 15) is 0 Å². The number of hydrogen-bond acceptors (Lipinski definition) is 4. The van der Waals surface area contributed by atoms with Crippen molar-refractivity contribution in [2.24, 2.45) is 0 Å². The Balaban J connectivity index is 1.84. The second kappa shape index (κ2) is 8.32. The van der Waals surface area contributed by atoms with Gasteiger partial charge in [-0.25, -0.2) is 0 Å². The van der Waals surface area contributed by atoms with Gasteiger partial charge in [0.15, 0.2) is 0 Å². The van der Waals surface area contributed by atoms with Crippen LogP contribution >= 0.6 is 0 Å². The van der Waals surface area contributed by atoms with Crippen molar-refractivity contribution in [3.05, 3.63) is 42.2 Å². The van der Waals surface area contributed by atoms with Crippen LogP contribution in [0, 0.1) is 0 Å². The first-order valence-corrected chi connectivity index (χ1v) is 7.30. The lowest BCUT2D eigenvalue weighted by molar-refractivity contribution is 0.146. The van der Waals surface area contributed by atoms with E-state index in [0.717, 1.165) is 30.9 Å². The first kappa shape index (κ1) is 15.4. The fourth-order valence-corrected chi connectivity index (χ4v) is 2.03. The minimum atomic E-state index is 0.569. The summed E-state index contributed by atoms with van der Waals surface area (Å²) in [5.41, 5.74) is 2.26. The molecule has 0 saturated carbocycles. The fourth-order valence-electron chi connectivity index (χ4n) is 2.03. The average Bonchev–Trinajstić information content (AvgIpc) is 2.94. The summed E-state index contributed by atoms with van der Waals surface area (Å²) in [4.78, 5) is 0. The van der Waals surface area contributed by atoms with Crippen molar-refractivity contribution >= 4 is 5.69 Å². The van der Waals surface area contributed by atoms with Gasteiger partial charge in [0.2, 0.25) is 0 Å². The molecule has 0 unspecified atom stereocenters. The SMILES string of the molecule is CCCn1nccc1CNc1ccc(OCCOC)cc1. The Kier molecular flexibility index (Phi) is 6.09. The maximum atomic E-state index is 5.54. The molecule has 0 saturated heterocycles. The van der Waals surface area contributed by atoms with E-state index in [-0.39, 0.29) is 0 Å². The van der Waals surface area contributed by atoms with E-state index >= 15 is 0 Å². The largest absolute Gasteiger partial charge is 0.491 e. The van der Waals surface area contributed by atoms with E-state index in [0.29, 0.717) is 13.2 Å². The standard InChI is InChI=1S/C16H23N3O2/c1-3-10-19-15(8-9-18-19)13-17-14-4-6-16(7-5-14)21-12-11-20-2/h4-9,17H,3,10-13H2,1-2H3. The third-order valence-corrected chi connectivity index (χ3v) is 3.12. The van der Waals surface area contributed by atoms with Crippen molar-refractivity contribution in [2.75, 3.05) is 25.6 Å². The van der Waals surface area contributed by atoms with Crippen molar-refractivity contribution in [3.63, 3.8) is 0 Å². The maximum absolute atomic E-state index is 5.54. The number of benzene rings is 1. The molecule has 0 fully saturated rings. The molecule has 5 heteroatoms. The molecular weight excluding hydrogens is 266 g/mol. The van der Waals surface area contributed by atoms with E-state index < -0.39 is 0 Å². The summed E-state index contributed by atoms with van der Waals surface area (Å²) < 4.78 is 12.5. The van der Waals surface area contributed by atoms with Crippen molar-refractivity contribution in [3.8, 4) is 5.75 Å². The molecule has 0 aliphatic rings. The fraction of sp³-hybridized carbons (Fsp3) is 0.438. The number of hydrogen-bond donors (Lipinski definition) is 1. The van der Waals surface area contributed by atoms with Gasteiger partial charge in [-0.05, 0) is 36.8 Å². The predicted octanol–water partition coefficient (Wildman–Crippen LogP) is 2.93. The molecule has 1 aromatic heterocycles. The number of ether oxygens (including phenoxy) is 2. The Labute approximate surface area is 125 Å². The Morgan fingerprint density at radius 2 is 1.95 bits per heavy atom. The third kappa shape index (κ3) is 4.79. The number of aryl methyl sites for hydroxylation is 1. The third-order valence-electron chi connectivity index (χ3n) is 3.12. The van der Waals surface area contributed by atoms with E-state index in [1.807, 2.05) is 41.2 Å². The van der Waals surface area contributed by atoms with E-state index in [4.69, 9.17) is 9.47 Å². The van der Waals surface area contributed by atoms with E-state index in [1.165, 1.54) is 5.69 Å².